The van der Waals surface area contributed by atoms with Crippen molar-refractivity contribution in [3.8, 4) is 0 Å². The SMILES string of the molecule is Fc1cccc2c(N3CCN4CCCCC4C3)ncnc12. The number of hydrogen-bond donors (Lipinski definition) is 0. The highest BCUT2D eigenvalue weighted by molar-refractivity contribution is 5.89. The summed E-state index contributed by atoms with van der Waals surface area (Å²) >= 11 is 0. The molecule has 0 radical (unpaired) electrons. The van der Waals surface area contributed by atoms with Crippen molar-refractivity contribution < 1.29 is 4.39 Å². The third kappa shape index (κ3) is 2.25. The van der Waals surface area contributed by atoms with Crippen molar-refractivity contribution in [1.82, 2.24) is 14.9 Å². The summed E-state index contributed by atoms with van der Waals surface area (Å²) in [7, 11) is 0. The molecule has 1 unspecified atom stereocenters. The molecule has 1 aromatic heterocycles. The van der Waals surface area contributed by atoms with Gasteiger partial charge in [-0.25, -0.2) is 14.4 Å². The molecule has 0 aliphatic carbocycles. The number of nitrogens with zero attached hydrogens (tertiary/aromatic N) is 4. The van der Waals surface area contributed by atoms with Gasteiger partial charge in [0.2, 0.25) is 0 Å². The standard InChI is InChI=1S/C16H19FN4/c17-14-6-3-5-13-15(14)18-11-19-16(13)21-9-8-20-7-2-1-4-12(20)10-21/h3,5-6,11-12H,1-2,4,7-10H2. The molecule has 2 fully saturated rings. The Kier molecular flexibility index (Phi) is 3.22. The third-order valence-corrected chi connectivity index (χ3v) is 4.73. The van der Waals surface area contributed by atoms with E-state index in [1.165, 1.54) is 38.2 Å². The van der Waals surface area contributed by atoms with Gasteiger partial charge in [0.15, 0.2) is 0 Å². The number of aromatic nitrogens is 2. The predicted molar refractivity (Wildman–Crippen MR) is 80.9 cm³/mol. The second-order valence-electron chi connectivity index (χ2n) is 5.96. The molecule has 0 bridgehead atoms. The third-order valence-electron chi connectivity index (χ3n) is 4.73. The van der Waals surface area contributed by atoms with E-state index >= 15 is 0 Å². The van der Waals surface area contributed by atoms with Crippen LogP contribution in [0.3, 0.4) is 0 Å². The van der Waals surface area contributed by atoms with E-state index in [9.17, 15) is 4.39 Å². The summed E-state index contributed by atoms with van der Waals surface area (Å²) in [6.45, 7) is 4.24. The lowest BCUT2D eigenvalue weighted by atomic mass is 9.99. The molecule has 1 aromatic carbocycles. The van der Waals surface area contributed by atoms with Crippen LogP contribution < -0.4 is 4.90 Å². The summed E-state index contributed by atoms with van der Waals surface area (Å²) in [4.78, 5) is 13.4. The summed E-state index contributed by atoms with van der Waals surface area (Å²) in [6.07, 6.45) is 5.37. The topological polar surface area (TPSA) is 32.3 Å². The van der Waals surface area contributed by atoms with Crippen molar-refractivity contribution in [3.63, 3.8) is 0 Å². The first-order valence-electron chi connectivity index (χ1n) is 7.71. The molecule has 2 aliphatic rings. The Morgan fingerprint density at radius 1 is 1.10 bits per heavy atom. The second kappa shape index (κ2) is 5.22. The zero-order chi connectivity index (χ0) is 14.2. The number of piperidine rings is 1. The van der Waals surface area contributed by atoms with Crippen LogP contribution in [0, 0.1) is 5.82 Å². The smallest absolute Gasteiger partial charge is 0.149 e. The van der Waals surface area contributed by atoms with Gasteiger partial charge in [-0.05, 0) is 31.5 Å². The molecule has 4 nitrogen and oxygen atoms in total. The summed E-state index contributed by atoms with van der Waals surface area (Å²) in [5.74, 6) is 0.608. The van der Waals surface area contributed by atoms with Gasteiger partial charge in [0.05, 0.1) is 0 Å². The first-order chi connectivity index (χ1) is 10.3. The molecule has 2 saturated heterocycles. The molecule has 5 heteroatoms. The van der Waals surface area contributed by atoms with E-state index in [1.807, 2.05) is 6.07 Å². The van der Waals surface area contributed by atoms with Gasteiger partial charge < -0.3 is 4.90 Å². The maximum absolute atomic E-state index is 13.9. The number of benzene rings is 1. The maximum Gasteiger partial charge on any atom is 0.149 e. The van der Waals surface area contributed by atoms with Gasteiger partial charge in [0.25, 0.3) is 0 Å². The highest BCUT2D eigenvalue weighted by Crippen LogP contribution is 2.28. The number of rotatable bonds is 1. The number of halogens is 1. The molecule has 0 amide bonds. The number of fused-ring (bicyclic) bond motifs is 2. The van der Waals surface area contributed by atoms with Crippen LogP contribution in [0.25, 0.3) is 10.9 Å². The monoisotopic (exact) mass is 286 g/mol. The van der Waals surface area contributed by atoms with Crippen molar-refractivity contribution in [1.29, 1.82) is 0 Å². The van der Waals surface area contributed by atoms with Gasteiger partial charge in [-0.1, -0.05) is 12.5 Å². The Balaban J connectivity index is 1.69. The molecular formula is C16H19FN4. The second-order valence-corrected chi connectivity index (χ2v) is 5.96. The first kappa shape index (κ1) is 13.0. The summed E-state index contributed by atoms with van der Waals surface area (Å²) in [5.41, 5.74) is 0.425. The lowest BCUT2D eigenvalue weighted by Crippen LogP contribution is -2.55. The van der Waals surface area contributed by atoms with Crippen LogP contribution in [-0.4, -0.2) is 47.1 Å². The largest absolute Gasteiger partial charge is 0.353 e. The molecule has 2 aliphatic heterocycles. The number of anilines is 1. The molecule has 2 aromatic rings. The number of para-hydroxylation sites is 1. The van der Waals surface area contributed by atoms with Gasteiger partial charge in [0.1, 0.15) is 23.5 Å². The highest BCUT2D eigenvalue weighted by Gasteiger charge is 2.30. The molecular weight excluding hydrogens is 267 g/mol. The van der Waals surface area contributed by atoms with Gasteiger partial charge in [0, 0.05) is 31.1 Å². The van der Waals surface area contributed by atoms with Crippen molar-refractivity contribution in [2.24, 2.45) is 0 Å². The average Bonchev–Trinajstić information content (AvgIpc) is 2.54. The van der Waals surface area contributed by atoms with E-state index in [4.69, 9.17) is 0 Å². The van der Waals surface area contributed by atoms with Crippen LogP contribution in [0.2, 0.25) is 0 Å². The summed E-state index contributed by atoms with van der Waals surface area (Å²) in [5, 5.41) is 0.821. The Hall–Kier alpha value is -1.75. The van der Waals surface area contributed by atoms with Crippen LogP contribution in [0.15, 0.2) is 24.5 Å². The normalized spacial score (nSPS) is 23.3. The Labute approximate surface area is 123 Å². The molecule has 0 N–H and O–H groups in total. The van der Waals surface area contributed by atoms with Crippen molar-refractivity contribution in [2.75, 3.05) is 31.1 Å². The number of hydrogen-bond acceptors (Lipinski definition) is 4. The molecule has 1 atom stereocenters. The fourth-order valence-electron chi connectivity index (χ4n) is 3.64. The summed E-state index contributed by atoms with van der Waals surface area (Å²) < 4.78 is 13.9. The maximum atomic E-state index is 13.9. The summed E-state index contributed by atoms with van der Waals surface area (Å²) in [6, 6.07) is 5.73. The molecule has 110 valence electrons. The zero-order valence-corrected chi connectivity index (χ0v) is 12.0. The number of piperazine rings is 1. The molecule has 3 heterocycles. The van der Waals surface area contributed by atoms with Gasteiger partial charge in [-0.3, -0.25) is 4.90 Å². The van der Waals surface area contributed by atoms with Gasteiger partial charge in [-0.15, -0.1) is 0 Å². The minimum absolute atomic E-state index is 0.271. The van der Waals surface area contributed by atoms with E-state index in [1.54, 1.807) is 6.07 Å². The molecule has 4 rings (SSSR count). The van der Waals surface area contributed by atoms with Crippen molar-refractivity contribution in [2.45, 2.75) is 25.3 Å². The lowest BCUT2D eigenvalue weighted by Gasteiger charge is -2.44. The van der Waals surface area contributed by atoms with E-state index < -0.39 is 0 Å². The zero-order valence-electron chi connectivity index (χ0n) is 12.0. The van der Waals surface area contributed by atoms with E-state index in [2.05, 4.69) is 19.8 Å². The highest BCUT2D eigenvalue weighted by atomic mass is 19.1. The van der Waals surface area contributed by atoms with Crippen LogP contribution >= 0.6 is 0 Å². The van der Waals surface area contributed by atoms with Crippen molar-refractivity contribution in [3.05, 3.63) is 30.3 Å². The molecule has 0 saturated carbocycles. The Morgan fingerprint density at radius 2 is 2.05 bits per heavy atom. The predicted octanol–water partition coefficient (Wildman–Crippen LogP) is 2.44. The van der Waals surface area contributed by atoms with E-state index in [0.717, 1.165) is 30.8 Å². The van der Waals surface area contributed by atoms with Crippen LogP contribution in [0.1, 0.15) is 19.3 Å². The van der Waals surface area contributed by atoms with Crippen LogP contribution in [0.5, 0.6) is 0 Å². The average molecular weight is 286 g/mol. The first-order valence-corrected chi connectivity index (χ1v) is 7.71. The van der Waals surface area contributed by atoms with Crippen LogP contribution in [-0.2, 0) is 0 Å². The Bertz CT molecular complexity index is 660. The fraction of sp³-hybridized carbons (Fsp3) is 0.500. The fourth-order valence-corrected chi connectivity index (χ4v) is 3.64. The van der Waals surface area contributed by atoms with E-state index in [0.29, 0.717) is 11.6 Å². The van der Waals surface area contributed by atoms with Gasteiger partial charge in [-0.2, -0.15) is 0 Å². The lowest BCUT2D eigenvalue weighted by molar-refractivity contribution is 0.133. The van der Waals surface area contributed by atoms with E-state index in [-0.39, 0.29) is 5.82 Å². The minimum Gasteiger partial charge on any atom is -0.353 e. The Morgan fingerprint density at radius 3 is 3.00 bits per heavy atom. The van der Waals surface area contributed by atoms with Gasteiger partial charge >= 0.3 is 0 Å². The van der Waals surface area contributed by atoms with Crippen molar-refractivity contribution >= 4 is 16.7 Å². The quantitative estimate of drug-likeness (QED) is 0.806. The molecule has 21 heavy (non-hydrogen) atoms. The minimum atomic E-state index is -0.271. The van der Waals surface area contributed by atoms with Crippen LogP contribution in [0.4, 0.5) is 10.2 Å². The molecule has 0 spiro atoms.